The van der Waals surface area contributed by atoms with E-state index in [1.165, 1.54) is 23.2 Å². The highest BCUT2D eigenvalue weighted by Gasteiger charge is 2.41. The molecule has 18 heteroatoms. The molecule has 3 aromatic rings. The summed E-state index contributed by atoms with van der Waals surface area (Å²) in [5.74, 6) is -4.96. The topological polar surface area (TPSA) is 181 Å². The van der Waals surface area contributed by atoms with Crippen molar-refractivity contribution in [1.29, 1.82) is 0 Å². The highest BCUT2D eigenvalue weighted by atomic mass is 31.2. The van der Waals surface area contributed by atoms with Gasteiger partial charge in [-0.05, 0) is 30.2 Å². The fraction of sp³-hybridized carbons (Fsp3) is 0.318. The van der Waals surface area contributed by atoms with Crippen molar-refractivity contribution in [3.8, 4) is 11.3 Å². The Morgan fingerprint density at radius 1 is 1.07 bits per heavy atom. The van der Waals surface area contributed by atoms with Crippen LogP contribution in [0.25, 0.3) is 11.3 Å². The number of nitrogen functional groups attached to an aromatic ring is 1. The van der Waals surface area contributed by atoms with Crippen molar-refractivity contribution in [3.63, 3.8) is 0 Å². The normalized spacial score (nSPS) is 14.3. The van der Waals surface area contributed by atoms with Crippen LogP contribution in [0.2, 0.25) is 0 Å². The van der Waals surface area contributed by atoms with Crippen LogP contribution in [0.1, 0.15) is 23.5 Å². The summed E-state index contributed by atoms with van der Waals surface area (Å²) in [7, 11) is -4.64. The van der Waals surface area contributed by atoms with Crippen molar-refractivity contribution in [2.45, 2.75) is 38.1 Å². The summed E-state index contributed by atoms with van der Waals surface area (Å²) >= 11 is 0. The molecule has 40 heavy (non-hydrogen) atoms. The molecule has 0 spiro atoms. The summed E-state index contributed by atoms with van der Waals surface area (Å²) in [6.45, 7) is -0.358. The smallest absolute Gasteiger partial charge is 0.384 e. The number of phosphoric acid groups is 1. The molecule has 1 aliphatic rings. The third-order valence-corrected chi connectivity index (χ3v) is 5.68. The molecule has 0 bridgehead atoms. The summed E-state index contributed by atoms with van der Waals surface area (Å²) in [6.07, 6.45) is -3.93. The zero-order valence-electron chi connectivity index (χ0n) is 20.3. The van der Waals surface area contributed by atoms with Gasteiger partial charge in [0.05, 0.1) is 17.9 Å². The Morgan fingerprint density at radius 2 is 1.70 bits per heavy atom. The fourth-order valence-electron chi connectivity index (χ4n) is 4.00. The molecule has 2 aromatic heterocycles. The van der Waals surface area contributed by atoms with Gasteiger partial charge < -0.3 is 35.6 Å². The van der Waals surface area contributed by atoms with Crippen LogP contribution in [0.15, 0.2) is 30.5 Å². The van der Waals surface area contributed by atoms with Crippen LogP contribution < -0.4 is 11.5 Å². The van der Waals surface area contributed by atoms with E-state index in [1.807, 2.05) is 0 Å². The molecule has 0 saturated heterocycles. The second kappa shape index (κ2) is 11.9. The van der Waals surface area contributed by atoms with E-state index in [2.05, 4.69) is 9.97 Å². The first-order valence-corrected chi connectivity index (χ1v) is 12.8. The minimum Gasteiger partial charge on any atom is -0.384 e. The quantitative estimate of drug-likeness (QED) is 0.168. The highest BCUT2D eigenvalue weighted by Crippen LogP contribution is 2.36. The standard InChI is InChI=1S/C22H20F6N6O.H3O4P/c23-14-8-16(25)15(24)6-12(14)5-13(29)7-19(35)33-3-4-34-17(10-33)20(32-21(34)22(26,27)28)11-1-2-18(30)31-9-11;1-5(2,3)4/h1-2,6,8-9,13H,3-5,7,10,29H2,(H2,30,31);(H3,1,2,3,4)/t13-;/m1./s1. The molecule has 11 nitrogen and oxygen atoms in total. The number of carbonyl (C=O) groups is 1. The van der Waals surface area contributed by atoms with Gasteiger partial charge >= 0.3 is 14.0 Å². The van der Waals surface area contributed by atoms with Crippen LogP contribution in [0.5, 0.6) is 0 Å². The Labute approximate surface area is 222 Å². The molecule has 0 unspecified atom stereocenters. The van der Waals surface area contributed by atoms with Crippen LogP contribution in [0, 0.1) is 17.5 Å². The molecular formula is C22H23F6N6O5P. The monoisotopic (exact) mass is 596 g/mol. The van der Waals surface area contributed by atoms with Crippen LogP contribution in [-0.4, -0.2) is 52.6 Å². The minimum absolute atomic E-state index is 0.0236. The number of fused-ring (bicyclic) bond motifs is 1. The van der Waals surface area contributed by atoms with E-state index in [0.717, 1.165) is 4.57 Å². The van der Waals surface area contributed by atoms with Crippen LogP contribution in [-0.2, 0) is 35.0 Å². The molecule has 1 amide bonds. The zero-order valence-corrected chi connectivity index (χ0v) is 21.2. The van der Waals surface area contributed by atoms with Gasteiger partial charge in [0, 0.05) is 43.4 Å². The van der Waals surface area contributed by atoms with Gasteiger partial charge in [-0.15, -0.1) is 0 Å². The third kappa shape index (κ3) is 8.02. The molecule has 1 aromatic carbocycles. The Hall–Kier alpha value is -3.50. The Bertz CT molecular complexity index is 1420. The lowest BCUT2D eigenvalue weighted by atomic mass is 10.0. The van der Waals surface area contributed by atoms with Gasteiger partial charge in [-0.2, -0.15) is 13.2 Å². The van der Waals surface area contributed by atoms with E-state index >= 15 is 0 Å². The number of amides is 1. The van der Waals surface area contributed by atoms with Crippen LogP contribution in [0.3, 0.4) is 0 Å². The Balaban J connectivity index is 0.000000810. The molecule has 1 aliphatic heterocycles. The number of pyridine rings is 1. The zero-order chi connectivity index (χ0) is 30.0. The number of nitrogens with zero attached hydrogens (tertiary/aromatic N) is 4. The predicted molar refractivity (Wildman–Crippen MR) is 127 cm³/mol. The lowest BCUT2D eigenvalue weighted by Crippen LogP contribution is -2.42. The van der Waals surface area contributed by atoms with Crippen molar-refractivity contribution in [2.24, 2.45) is 5.73 Å². The number of hydrogen-bond donors (Lipinski definition) is 5. The van der Waals surface area contributed by atoms with Crippen molar-refractivity contribution < 1.29 is 50.4 Å². The van der Waals surface area contributed by atoms with E-state index in [0.29, 0.717) is 17.7 Å². The number of halogens is 6. The highest BCUT2D eigenvalue weighted by molar-refractivity contribution is 7.45. The van der Waals surface area contributed by atoms with E-state index < -0.39 is 49.2 Å². The summed E-state index contributed by atoms with van der Waals surface area (Å²) in [6, 6.07) is 3.06. The summed E-state index contributed by atoms with van der Waals surface area (Å²) < 4.78 is 91.1. The first kappa shape index (κ1) is 31.0. The maximum atomic E-state index is 13.9. The minimum atomic E-state index is -4.71. The molecule has 4 rings (SSSR count). The fourth-order valence-corrected chi connectivity index (χ4v) is 4.00. The SMILES string of the molecule is Nc1ccc(-c2nc(C(F)(F)F)n3c2CN(C(=O)C[C@H](N)Cc2cc(F)c(F)cc2F)CC3)cn1.O=P(O)(O)O. The molecule has 0 saturated carbocycles. The van der Waals surface area contributed by atoms with Crippen molar-refractivity contribution in [2.75, 3.05) is 12.3 Å². The van der Waals surface area contributed by atoms with Gasteiger partial charge in [-0.3, -0.25) is 4.79 Å². The van der Waals surface area contributed by atoms with Crippen molar-refractivity contribution >= 4 is 19.5 Å². The first-order chi connectivity index (χ1) is 18.4. The number of aromatic nitrogens is 3. The van der Waals surface area contributed by atoms with E-state index in [4.69, 9.17) is 30.7 Å². The van der Waals surface area contributed by atoms with E-state index in [9.17, 15) is 31.1 Å². The number of anilines is 1. The summed E-state index contributed by atoms with van der Waals surface area (Å²) in [5, 5.41) is 0. The number of nitrogens with two attached hydrogens (primary N) is 2. The molecule has 7 N–H and O–H groups in total. The summed E-state index contributed by atoms with van der Waals surface area (Å²) in [4.78, 5) is 43.4. The molecule has 0 radical (unpaired) electrons. The van der Waals surface area contributed by atoms with Crippen LogP contribution >= 0.6 is 7.82 Å². The van der Waals surface area contributed by atoms with Gasteiger partial charge in [-0.25, -0.2) is 27.7 Å². The maximum Gasteiger partial charge on any atom is 0.466 e. The Kier molecular flexibility index (Phi) is 9.26. The predicted octanol–water partition coefficient (Wildman–Crippen LogP) is 2.34. The first-order valence-electron chi connectivity index (χ1n) is 11.3. The lowest BCUT2D eigenvalue weighted by Gasteiger charge is -2.30. The number of benzene rings is 1. The molecule has 0 fully saturated rings. The van der Waals surface area contributed by atoms with Gasteiger partial charge in [0.2, 0.25) is 11.7 Å². The van der Waals surface area contributed by atoms with Gasteiger partial charge in [-0.1, -0.05) is 0 Å². The second-order valence-electron chi connectivity index (χ2n) is 8.71. The molecule has 3 heterocycles. The number of imidazole rings is 1. The second-order valence-corrected chi connectivity index (χ2v) is 9.73. The molecule has 0 aliphatic carbocycles. The van der Waals surface area contributed by atoms with Crippen LogP contribution in [0.4, 0.5) is 32.2 Å². The molecular weight excluding hydrogens is 573 g/mol. The number of hydrogen-bond acceptors (Lipinski definition) is 6. The number of rotatable bonds is 5. The van der Waals surface area contributed by atoms with Gasteiger partial charge in [0.1, 0.15) is 11.6 Å². The average Bonchev–Trinajstić information content (AvgIpc) is 3.21. The van der Waals surface area contributed by atoms with E-state index in [-0.39, 0.29) is 55.2 Å². The van der Waals surface area contributed by atoms with Gasteiger partial charge in [0.15, 0.2) is 11.6 Å². The molecule has 1 atom stereocenters. The number of alkyl halides is 3. The third-order valence-electron chi connectivity index (χ3n) is 5.68. The molecule has 218 valence electrons. The van der Waals surface area contributed by atoms with Crippen molar-refractivity contribution in [1.82, 2.24) is 19.4 Å². The lowest BCUT2D eigenvalue weighted by molar-refractivity contribution is -0.148. The summed E-state index contributed by atoms with van der Waals surface area (Å²) in [5.41, 5.74) is 11.8. The maximum absolute atomic E-state index is 13.9. The Morgan fingerprint density at radius 3 is 2.27 bits per heavy atom. The van der Waals surface area contributed by atoms with Crippen molar-refractivity contribution in [3.05, 3.63) is 65.0 Å². The number of carbonyl (C=O) groups excluding carboxylic acids is 1. The largest absolute Gasteiger partial charge is 0.466 e. The van der Waals surface area contributed by atoms with Gasteiger partial charge in [0.25, 0.3) is 0 Å². The van der Waals surface area contributed by atoms with E-state index in [1.54, 1.807) is 0 Å². The average molecular weight is 596 g/mol.